The van der Waals surface area contributed by atoms with Crippen LogP contribution in [0.15, 0.2) is 30.5 Å². The Morgan fingerprint density at radius 1 is 1.41 bits per heavy atom. The number of rotatable bonds is 3. The molecule has 0 saturated heterocycles. The Bertz CT molecular complexity index is 551. The number of benzene rings is 1. The highest BCUT2D eigenvalue weighted by Crippen LogP contribution is 2.25. The second-order valence-corrected chi connectivity index (χ2v) is 4.41. The normalized spacial score (nSPS) is 10.7. The molecule has 1 aromatic heterocycles. The molecule has 4 nitrogen and oxygen atoms in total. The maximum Gasteiger partial charge on any atom is 0.185 e. The average Bonchev–Trinajstić information content (AvgIpc) is 2.64. The minimum Gasteiger partial charge on any atom is -0.375 e. The first-order valence-corrected chi connectivity index (χ1v) is 5.96. The Balaban J connectivity index is 2.57. The van der Waals surface area contributed by atoms with E-state index in [1.54, 1.807) is 11.2 Å². The summed E-state index contributed by atoms with van der Waals surface area (Å²) in [5.74, 6) is 0. The van der Waals surface area contributed by atoms with Gasteiger partial charge in [-0.15, -0.1) is 0 Å². The second kappa shape index (κ2) is 4.91. The molecule has 0 fully saturated rings. The summed E-state index contributed by atoms with van der Waals surface area (Å²) in [7, 11) is 0. The Hall–Kier alpha value is -1.30. The number of fused-ring (bicyclic) bond motifs is 1. The molecule has 6 heteroatoms. The SMILES string of the molecule is NCCN(C(N)=S)n1cc(Cl)c2ccccc21. The van der Waals surface area contributed by atoms with Crippen LogP contribution in [0.3, 0.4) is 0 Å². The molecule has 2 rings (SSSR count). The van der Waals surface area contributed by atoms with Gasteiger partial charge in [-0.25, -0.2) is 0 Å². The largest absolute Gasteiger partial charge is 0.375 e. The van der Waals surface area contributed by atoms with E-state index in [-0.39, 0.29) is 5.11 Å². The Morgan fingerprint density at radius 2 is 2.12 bits per heavy atom. The van der Waals surface area contributed by atoms with E-state index in [9.17, 15) is 0 Å². The summed E-state index contributed by atoms with van der Waals surface area (Å²) in [4.78, 5) is 0. The summed E-state index contributed by atoms with van der Waals surface area (Å²) < 4.78 is 1.84. The number of nitrogens with zero attached hydrogens (tertiary/aromatic N) is 2. The van der Waals surface area contributed by atoms with Crippen molar-refractivity contribution in [3.63, 3.8) is 0 Å². The highest BCUT2D eigenvalue weighted by Gasteiger charge is 2.13. The third-order valence-electron chi connectivity index (χ3n) is 2.50. The first-order valence-electron chi connectivity index (χ1n) is 5.18. The van der Waals surface area contributed by atoms with Crippen LogP contribution in [0.25, 0.3) is 10.9 Å². The molecule has 0 atom stereocenters. The predicted octanol–water partition coefficient (Wildman–Crippen LogP) is 1.43. The molecule has 0 aliphatic rings. The Morgan fingerprint density at radius 3 is 2.76 bits per heavy atom. The lowest BCUT2D eigenvalue weighted by Gasteiger charge is -2.24. The highest BCUT2D eigenvalue weighted by atomic mass is 35.5. The smallest absolute Gasteiger partial charge is 0.185 e. The molecule has 0 saturated carbocycles. The lowest BCUT2D eigenvalue weighted by Crippen LogP contribution is -2.46. The summed E-state index contributed by atoms with van der Waals surface area (Å²) in [5, 5.41) is 3.63. The van der Waals surface area contributed by atoms with Crippen LogP contribution in [0.4, 0.5) is 0 Å². The molecule has 0 aliphatic carbocycles. The molecule has 0 unspecified atom stereocenters. The molecule has 90 valence electrons. The van der Waals surface area contributed by atoms with Crippen molar-refractivity contribution >= 4 is 39.8 Å². The van der Waals surface area contributed by atoms with Gasteiger partial charge < -0.3 is 11.5 Å². The quantitative estimate of drug-likeness (QED) is 0.827. The van der Waals surface area contributed by atoms with Crippen LogP contribution >= 0.6 is 23.8 Å². The van der Waals surface area contributed by atoms with Crippen molar-refractivity contribution in [1.82, 2.24) is 4.68 Å². The van der Waals surface area contributed by atoms with E-state index in [0.29, 0.717) is 18.1 Å². The number of para-hydroxylation sites is 1. The summed E-state index contributed by atoms with van der Waals surface area (Å²) in [6, 6.07) is 7.79. The fourth-order valence-electron chi connectivity index (χ4n) is 1.77. The summed E-state index contributed by atoms with van der Waals surface area (Å²) >= 11 is 11.2. The maximum atomic E-state index is 6.16. The van der Waals surface area contributed by atoms with Crippen molar-refractivity contribution in [1.29, 1.82) is 0 Å². The van der Waals surface area contributed by atoms with Crippen molar-refractivity contribution in [3.8, 4) is 0 Å². The number of nitrogens with two attached hydrogens (primary N) is 2. The third kappa shape index (κ3) is 2.22. The van der Waals surface area contributed by atoms with Gasteiger partial charge in [0.05, 0.1) is 17.1 Å². The van der Waals surface area contributed by atoms with Crippen LogP contribution in [-0.4, -0.2) is 22.9 Å². The number of aromatic nitrogens is 1. The lowest BCUT2D eigenvalue weighted by atomic mass is 10.2. The Kier molecular flexibility index (Phi) is 3.51. The van der Waals surface area contributed by atoms with Gasteiger partial charge in [0.2, 0.25) is 0 Å². The molecule has 0 radical (unpaired) electrons. The molecule has 2 aromatic rings. The lowest BCUT2D eigenvalue weighted by molar-refractivity contribution is 0.737. The van der Waals surface area contributed by atoms with Crippen molar-refractivity contribution in [2.45, 2.75) is 0 Å². The van der Waals surface area contributed by atoms with E-state index < -0.39 is 0 Å². The topological polar surface area (TPSA) is 60.2 Å². The summed E-state index contributed by atoms with van der Waals surface area (Å²) in [5.41, 5.74) is 12.2. The fraction of sp³-hybridized carbons (Fsp3) is 0.182. The molecule has 0 aliphatic heterocycles. The molecule has 1 heterocycles. The van der Waals surface area contributed by atoms with Gasteiger partial charge in [-0.3, -0.25) is 9.69 Å². The van der Waals surface area contributed by atoms with E-state index in [2.05, 4.69) is 0 Å². The predicted molar refractivity (Wildman–Crippen MR) is 75.9 cm³/mol. The van der Waals surface area contributed by atoms with Crippen LogP contribution in [-0.2, 0) is 0 Å². The van der Waals surface area contributed by atoms with E-state index in [0.717, 1.165) is 10.9 Å². The summed E-state index contributed by atoms with van der Waals surface area (Å²) in [6.45, 7) is 1.01. The minimum absolute atomic E-state index is 0.271. The van der Waals surface area contributed by atoms with Gasteiger partial charge in [0.15, 0.2) is 5.11 Å². The fourth-order valence-corrected chi connectivity index (χ4v) is 2.20. The van der Waals surface area contributed by atoms with Gasteiger partial charge in [0.25, 0.3) is 0 Å². The number of hydrogen-bond acceptors (Lipinski definition) is 2. The van der Waals surface area contributed by atoms with Crippen molar-refractivity contribution in [2.24, 2.45) is 11.5 Å². The van der Waals surface area contributed by atoms with Gasteiger partial charge in [-0.2, -0.15) is 0 Å². The van der Waals surface area contributed by atoms with E-state index in [1.165, 1.54) is 0 Å². The van der Waals surface area contributed by atoms with Crippen LogP contribution < -0.4 is 16.5 Å². The van der Waals surface area contributed by atoms with Gasteiger partial charge in [-0.05, 0) is 18.3 Å². The monoisotopic (exact) mass is 268 g/mol. The molecule has 1 aromatic carbocycles. The number of hydrogen-bond donors (Lipinski definition) is 2. The number of halogens is 1. The maximum absolute atomic E-state index is 6.16. The zero-order valence-corrected chi connectivity index (χ0v) is 10.7. The third-order valence-corrected chi connectivity index (χ3v) is 3.01. The van der Waals surface area contributed by atoms with Crippen LogP contribution in [0, 0.1) is 0 Å². The van der Waals surface area contributed by atoms with Crippen LogP contribution in [0.1, 0.15) is 0 Å². The van der Waals surface area contributed by atoms with Gasteiger partial charge in [0, 0.05) is 18.1 Å². The molecule has 0 spiro atoms. The average molecular weight is 269 g/mol. The second-order valence-electron chi connectivity index (χ2n) is 3.59. The van der Waals surface area contributed by atoms with Crippen LogP contribution in [0.5, 0.6) is 0 Å². The van der Waals surface area contributed by atoms with Crippen molar-refractivity contribution < 1.29 is 0 Å². The van der Waals surface area contributed by atoms with Gasteiger partial charge in [-0.1, -0.05) is 29.8 Å². The molecular weight excluding hydrogens is 256 g/mol. The van der Waals surface area contributed by atoms with E-state index in [1.807, 2.05) is 28.9 Å². The molecular formula is C11H13ClN4S. The van der Waals surface area contributed by atoms with Gasteiger partial charge >= 0.3 is 0 Å². The molecule has 17 heavy (non-hydrogen) atoms. The zero-order valence-electron chi connectivity index (χ0n) is 9.14. The molecule has 0 amide bonds. The molecule has 0 bridgehead atoms. The van der Waals surface area contributed by atoms with Crippen molar-refractivity contribution in [3.05, 3.63) is 35.5 Å². The van der Waals surface area contributed by atoms with E-state index >= 15 is 0 Å². The minimum atomic E-state index is 0.271. The summed E-state index contributed by atoms with van der Waals surface area (Å²) in [6.07, 6.45) is 1.79. The Labute approximate surface area is 110 Å². The first-order chi connectivity index (χ1) is 8.15. The molecule has 4 N–H and O–H groups in total. The van der Waals surface area contributed by atoms with Crippen LogP contribution in [0.2, 0.25) is 5.02 Å². The highest BCUT2D eigenvalue weighted by molar-refractivity contribution is 7.80. The van der Waals surface area contributed by atoms with E-state index in [4.69, 9.17) is 35.3 Å². The number of thiocarbonyl (C=S) groups is 1. The van der Waals surface area contributed by atoms with Crippen molar-refractivity contribution in [2.75, 3.05) is 18.1 Å². The zero-order chi connectivity index (χ0) is 12.4. The standard InChI is InChI=1S/C11H13ClN4S/c12-9-7-16(15(6-5-13)11(14)17)10-4-2-1-3-8(9)10/h1-4,7H,5-6,13H2,(H2,14,17). The first kappa shape index (κ1) is 12.2. The van der Waals surface area contributed by atoms with Gasteiger partial charge in [0.1, 0.15) is 0 Å².